The maximum atomic E-state index is 13.5. The van der Waals surface area contributed by atoms with E-state index in [9.17, 15) is 18.3 Å². The average molecular weight is 556 g/mol. The summed E-state index contributed by atoms with van der Waals surface area (Å²) in [5, 5.41) is 17.9. The Morgan fingerprint density at radius 3 is 2.51 bits per heavy atom. The maximum absolute atomic E-state index is 13.5. The molecule has 4 rings (SSSR count). The first-order valence-electron chi connectivity index (χ1n) is 13.2. The van der Waals surface area contributed by atoms with Crippen molar-refractivity contribution >= 4 is 15.9 Å². The number of likely N-dealkylation sites (N-methyl/N-ethyl adjacent to an activating group) is 1. The molecule has 10 nitrogen and oxygen atoms in total. The number of sulfonamides is 1. The minimum Gasteiger partial charge on any atom is -0.394 e. The Morgan fingerprint density at radius 1 is 1.13 bits per heavy atom. The largest absolute Gasteiger partial charge is 0.394 e. The zero-order chi connectivity index (χ0) is 28.0. The van der Waals surface area contributed by atoms with Gasteiger partial charge in [0, 0.05) is 39.0 Å². The van der Waals surface area contributed by atoms with Gasteiger partial charge in [-0.15, -0.1) is 5.10 Å². The summed E-state index contributed by atoms with van der Waals surface area (Å²) in [6.07, 6.45) is 2.00. The standard InChI is InChI=1S/C28H37N5O5S/c1-21-17-32(22(2)19-34)28(35)10-7-15-33-25(16-29-30-33)20-38-27(21)18-31(3)39(36,37)26-13-11-24(12-14-26)23-8-5-4-6-9-23/h4-6,8-9,11-14,16,21-22,27,34H,7,10,15,17-20H2,1-3H3/t21-,22-,27-/m1/s1. The van der Waals surface area contributed by atoms with Gasteiger partial charge in [0.05, 0.1) is 42.1 Å². The van der Waals surface area contributed by atoms with Crippen LogP contribution in [0.25, 0.3) is 11.1 Å². The van der Waals surface area contributed by atoms with Crippen molar-refractivity contribution in [3.05, 3.63) is 66.5 Å². The summed E-state index contributed by atoms with van der Waals surface area (Å²) < 4.78 is 36.3. The van der Waals surface area contributed by atoms with Crippen molar-refractivity contribution in [2.24, 2.45) is 5.92 Å². The second-order valence-corrected chi connectivity index (χ2v) is 12.2. The molecule has 0 radical (unpaired) electrons. The molecule has 0 fully saturated rings. The van der Waals surface area contributed by atoms with Crippen LogP contribution in [0.5, 0.6) is 0 Å². The van der Waals surface area contributed by atoms with Crippen molar-refractivity contribution in [2.75, 3.05) is 26.7 Å². The number of hydrogen-bond acceptors (Lipinski definition) is 7. The third-order valence-corrected chi connectivity index (χ3v) is 9.08. The van der Waals surface area contributed by atoms with Crippen LogP contribution in [-0.2, 0) is 32.7 Å². The van der Waals surface area contributed by atoms with Crippen molar-refractivity contribution in [1.29, 1.82) is 0 Å². The minimum atomic E-state index is -3.80. The number of ether oxygens (including phenoxy) is 1. The van der Waals surface area contributed by atoms with Crippen LogP contribution in [0.3, 0.4) is 0 Å². The summed E-state index contributed by atoms with van der Waals surface area (Å²) in [6.45, 7) is 4.72. The average Bonchev–Trinajstić information content (AvgIpc) is 3.40. The molecule has 1 aliphatic rings. The molecule has 0 saturated carbocycles. The molecule has 2 aromatic carbocycles. The van der Waals surface area contributed by atoms with Crippen molar-refractivity contribution in [3.63, 3.8) is 0 Å². The van der Waals surface area contributed by atoms with Crippen molar-refractivity contribution in [3.8, 4) is 11.1 Å². The lowest BCUT2D eigenvalue weighted by Gasteiger charge is -2.35. The van der Waals surface area contributed by atoms with E-state index in [2.05, 4.69) is 10.3 Å². The predicted octanol–water partition coefficient (Wildman–Crippen LogP) is 2.79. The SMILES string of the molecule is C[C@@H]1CN([C@H](C)CO)C(=O)CCCn2nncc2CO[C@@H]1CN(C)S(=O)(=O)c1ccc(-c2ccccc2)cc1. The van der Waals surface area contributed by atoms with Crippen LogP contribution in [0.4, 0.5) is 0 Å². The molecule has 210 valence electrons. The highest BCUT2D eigenvalue weighted by Crippen LogP contribution is 2.24. The van der Waals surface area contributed by atoms with Gasteiger partial charge in [-0.05, 0) is 36.6 Å². The zero-order valence-corrected chi connectivity index (χ0v) is 23.5. The van der Waals surface area contributed by atoms with E-state index in [1.165, 1.54) is 11.4 Å². The van der Waals surface area contributed by atoms with E-state index in [1.54, 1.807) is 47.0 Å². The molecule has 1 N–H and O–H groups in total. The molecular formula is C28H37N5O5S. The van der Waals surface area contributed by atoms with Gasteiger partial charge in [-0.25, -0.2) is 13.1 Å². The molecule has 0 unspecified atom stereocenters. The zero-order valence-electron chi connectivity index (χ0n) is 22.7. The second kappa shape index (κ2) is 12.8. The molecule has 2 heterocycles. The fraction of sp³-hybridized carbons (Fsp3) is 0.464. The fourth-order valence-electron chi connectivity index (χ4n) is 4.73. The molecule has 11 heteroatoms. The van der Waals surface area contributed by atoms with Crippen LogP contribution in [0, 0.1) is 5.92 Å². The molecule has 0 bridgehead atoms. The summed E-state index contributed by atoms with van der Waals surface area (Å²) in [7, 11) is -2.26. The van der Waals surface area contributed by atoms with Crippen LogP contribution >= 0.6 is 0 Å². The topological polar surface area (TPSA) is 118 Å². The Balaban J connectivity index is 1.56. The lowest BCUT2D eigenvalue weighted by Crippen LogP contribution is -2.47. The molecule has 3 aromatic rings. The molecule has 1 amide bonds. The molecule has 1 aliphatic heterocycles. The Morgan fingerprint density at radius 2 is 1.82 bits per heavy atom. The number of carbonyl (C=O) groups is 1. The van der Waals surface area contributed by atoms with Gasteiger partial charge in [0.15, 0.2) is 0 Å². The van der Waals surface area contributed by atoms with Gasteiger partial charge in [0.2, 0.25) is 15.9 Å². The van der Waals surface area contributed by atoms with Gasteiger partial charge < -0.3 is 14.7 Å². The monoisotopic (exact) mass is 555 g/mol. The molecule has 0 saturated heterocycles. The van der Waals surface area contributed by atoms with E-state index in [0.29, 0.717) is 25.9 Å². The number of carbonyl (C=O) groups excluding carboxylic acids is 1. The first-order valence-corrected chi connectivity index (χ1v) is 14.7. The maximum Gasteiger partial charge on any atom is 0.242 e. The number of fused-ring (bicyclic) bond motifs is 1. The van der Waals surface area contributed by atoms with E-state index in [0.717, 1.165) is 16.8 Å². The third kappa shape index (κ3) is 6.91. The summed E-state index contributed by atoms with van der Waals surface area (Å²) in [6, 6.07) is 16.3. The van der Waals surface area contributed by atoms with Gasteiger partial charge in [0.25, 0.3) is 0 Å². The molecule has 0 aliphatic carbocycles. The van der Waals surface area contributed by atoms with E-state index < -0.39 is 16.1 Å². The molecule has 1 aromatic heterocycles. The van der Waals surface area contributed by atoms with Crippen LogP contribution < -0.4 is 0 Å². The quantitative estimate of drug-likeness (QED) is 0.476. The summed E-state index contributed by atoms with van der Waals surface area (Å²) >= 11 is 0. The summed E-state index contributed by atoms with van der Waals surface area (Å²) in [5.74, 6) is -0.284. The van der Waals surface area contributed by atoms with E-state index >= 15 is 0 Å². The highest BCUT2D eigenvalue weighted by Gasteiger charge is 2.31. The number of aliphatic hydroxyl groups excluding tert-OH is 1. The predicted molar refractivity (Wildman–Crippen MR) is 147 cm³/mol. The second-order valence-electron chi connectivity index (χ2n) is 10.1. The van der Waals surface area contributed by atoms with Gasteiger partial charge >= 0.3 is 0 Å². The number of aryl methyl sites for hydroxylation is 1. The molecular weight excluding hydrogens is 518 g/mol. The van der Waals surface area contributed by atoms with E-state index in [4.69, 9.17) is 4.74 Å². The number of rotatable bonds is 7. The number of benzene rings is 2. The summed E-state index contributed by atoms with van der Waals surface area (Å²) in [4.78, 5) is 14.9. The lowest BCUT2D eigenvalue weighted by atomic mass is 10.0. The highest BCUT2D eigenvalue weighted by molar-refractivity contribution is 7.89. The smallest absolute Gasteiger partial charge is 0.242 e. The van der Waals surface area contributed by atoms with Crippen LogP contribution in [0.15, 0.2) is 65.7 Å². The van der Waals surface area contributed by atoms with E-state index in [-0.39, 0.29) is 42.5 Å². The number of aromatic nitrogens is 3. The number of hydrogen-bond donors (Lipinski definition) is 1. The van der Waals surface area contributed by atoms with Crippen molar-refractivity contribution in [1.82, 2.24) is 24.2 Å². The summed E-state index contributed by atoms with van der Waals surface area (Å²) in [5.41, 5.74) is 2.71. The fourth-order valence-corrected chi connectivity index (χ4v) is 5.91. The Hall–Kier alpha value is -3.12. The van der Waals surface area contributed by atoms with Crippen LogP contribution in [-0.4, -0.2) is 82.5 Å². The number of amides is 1. The molecule has 3 atom stereocenters. The normalized spacial score (nSPS) is 20.2. The first-order chi connectivity index (χ1) is 18.7. The van der Waals surface area contributed by atoms with Crippen molar-refractivity contribution < 1.29 is 23.1 Å². The van der Waals surface area contributed by atoms with Crippen molar-refractivity contribution in [2.45, 2.75) is 56.9 Å². The molecule has 0 spiro atoms. The van der Waals surface area contributed by atoms with Crippen LogP contribution in [0.2, 0.25) is 0 Å². The first kappa shape index (κ1) is 28.9. The van der Waals surface area contributed by atoms with E-state index in [1.807, 2.05) is 37.3 Å². The lowest BCUT2D eigenvalue weighted by molar-refractivity contribution is -0.136. The Kier molecular flexibility index (Phi) is 9.49. The third-order valence-electron chi connectivity index (χ3n) is 7.25. The van der Waals surface area contributed by atoms with Gasteiger partial charge in [0.1, 0.15) is 0 Å². The number of aliphatic hydroxyl groups is 1. The Bertz CT molecular complexity index is 1330. The van der Waals surface area contributed by atoms with Gasteiger partial charge in [-0.3, -0.25) is 4.79 Å². The highest BCUT2D eigenvalue weighted by atomic mass is 32.2. The van der Waals surface area contributed by atoms with Gasteiger partial charge in [-0.2, -0.15) is 4.31 Å². The Labute approximate surface area is 230 Å². The van der Waals surface area contributed by atoms with Gasteiger partial charge in [-0.1, -0.05) is 54.6 Å². The van der Waals surface area contributed by atoms with Crippen LogP contribution in [0.1, 0.15) is 32.4 Å². The molecule has 39 heavy (non-hydrogen) atoms. The number of nitrogens with zero attached hydrogens (tertiary/aromatic N) is 5. The minimum absolute atomic E-state index is 0.0659.